The predicted octanol–water partition coefficient (Wildman–Crippen LogP) is 6.14. The van der Waals surface area contributed by atoms with Crippen LogP contribution in [0.15, 0.2) is 35.5 Å². The van der Waals surface area contributed by atoms with Crippen molar-refractivity contribution in [1.29, 1.82) is 0 Å². The second-order valence-corrected chi connectivity index (χ2v) is 11.3. The molecule has 4 aromatic rings. The first-order valence-electron chi connectivity index (χ1n) is 12.3. The van der Waals surface area contributed by atoms with Gasteiger partial charge in [-0.15, -0.1) is 10.2 Å². The van der Waals surface area contributed by atoms with Crippen molar-refractivity contribution in [3.05, 3.63) is 46.7 Å². The maximum absolute atomic E-state index is 13.6. The van der Waals surface area contributed by atoms with E-state index in [0.717, 1.165) is 17.8 Å². The van der Waals surface area contributed by atoms with Gasteiger partial charge in [0.2, 0.25) is 0 Å². The quantitative estimate of drug-likeness (QED) is 0.265. The number of methoxy groups -OCH3 is 1. The zero-order valence-electron chi connectivity index (χ0n) is 21.2. The third kappa shape index (κ3) is 5.41. The molecule has 1 amide bonds. The summed E-state index contributed by atoms with van der Waals surface area (Å²) in [6.45, 7) is 1.83. The second-order valence-electron chi connectivity index (χ2n) is 9.09. The highest BCUT2D eigenvalue weighted by Crippen LogP contribution is 2.40. The van der Waals surface area contributed by atoms with Gasteiger partial charge in [0.25, 0.3) is 12.3 Å². The van der Waals surface area contributed by atoms with Crippen LogP contribution >= 0.6 is 22.7 Å². The van der Waals surface area contributed by atoms with E-state index in [9.17, 15) is 13.6 Å². The second kappa shape index (κ2) is 10.7. The summed E-state index contributed by atoms with van der Waals surface area (Å²) in [6, 6.07) is 6.08. The van der Waals surface area contributed by atoms with Gasteiger partial charge in [-0.3, -0.25) is 15.1 Å². The number of nitrogens with one attached hydrogen (secondary N) is 2. The Kier molecular flexibility index (Phi) is 6.95. The molecular formula is C27H21F2N7O2S2. The van der Waals surface area contributed by atoms with Gasteiger partial charge in [-0.25, -0.2) is 13.8 Å². The zero-order valence-corrected chi connectivity index (χ0v) is 22.9. The number of rotatable bonds is 6. The molecule has 0 spiro atoms. The number of aryl methyl sites for hydroxylation is 1. The number of fused-ring (bicyclic) bond motifs is 1. The molecule has 0 bridgehead atoms. The van der Waals surface area contributed by atoms with Gasteiger partial charge in [-0.1, -0.05) is 40.6 Å². The lowest BCUT2D eigenvalue weighted by Crippen LogP contribution is -2.20. The maximum atomic E-state index is 13.6. The minimum Gasteiger partial charge on any atom is -0.494 e. The average Bonchev–Trinajstić information content (AvgIpc) is 3.55. The average molecular weight is 578 g/mol. The number of ether oxygens (including phenoxy) is 1. The molecule has 9 nitrogen and oxygen atoms in total. The van der Waals surface area contributed by atoms with Crippen molar-refractivity contribution in [3.8, 4) is 39.3 Å². The molecule has 6 rings (SSSR count). The summed E-state index contributed by atoms with van der Waals surface area (Å²) in [5, 5.41) is 16.8. The van der Waals surface area contributed by atoms with Crippen molar-refractivity contribution in [2.24, 2.45) is 10.9 Å². The number of carbonyl (C=O) groups is 1. The van der Waals surface area contributed by atoms with Gasteiger partial charge < -0.3 is 10.1 Å². The molecule has 1 aliphatic carbocycles. The topological polar surface area (TPSA) is 114 Å². The Morgan fingerprint density at radius 1 is 1.18 bits per heavy atom. The lowest BCUT2D eigenvalue weighted by molar-refractivity contribution is 0.102. The van der Waals surface area contributed by atoms with E-state index in [1.54, 1.807) is 24.4 Å². The van der Waals surface area contributed by atoms with Gasteiger partial charge >= 0.3 is 0 Å². The molecule has 4 heterocycles. The van der Waals surface area contributed by atoms with Crippen LogP contribution in [0.5, 0.6) is 5.75 Å². The normalized spacial score (nSPS) is 15.7. The Balaban J connectivity index is 1.34. The molecule has 1 aliphatic heterocycles. The molecule has 1 saturated carbocycles. The number of alkyl halides is 2. The van der Waals surface area contributed by atoms with Crippen LogP contribution in [0.25, 0.3) is 21.7 Å². The Labute approximate surface area is 235 Å². The van der Waals surface area contributed by atoms with Crippen molar-refractivity contribution in [2.75, 3.05) is 17.7 Å². The Hall–Kier alpha value is -4.28. The molecule has 13 heteroatoms. The molecule has 1 fully saturated rings. The van der Waals surface area contributed by atoms with Crippen molar-refractivity contribution in [3.63, 3.8) is 0 Å². The number of carbonyl (C=O) groups excluding carboxylic acids is 1. The fraction of sp³-hybridized carbons (Fsp3) is 0.259. The first-order chi connectivity index (χ1) is 19.4. The summed E-state index contributed by atoms with van der Waals surface area (Å²) >= 11 is 2.62. The van der Waals surface area contributed by atoms with E-state index in [2.05, 4.69) is 47.6 Å². The number of hydrogen-bond acceptors (Lipinski definition) is 10. The number of pyridine rings is 1. The summed E-state index contributed by atoms with van der Waals surface area (Å²) < 4.78 is 32.6. The minimum absolute atomic E-state index is 0.219. The number of aromatic nitrogens is 4. The molecule has 2 N–H and O–H groups in total. The van der Waals surface area contributed by atoms with Gasteiger partial charge in [-0.05, 0) is 43.5 Å². The van der Waals surface area contributed by atoms with Crippen LogP contribution in [0.2, 0.25) is 0 Å². The number of amides is 1. The summed E-state index contributed by atoms with van der Waals surface area (Å²) in [4.78, 5) is 26.2. The molecule has 2 aliphatic rings. The molecule has 40 heavy (non-hydrogen) atoms. The molecule has 1 atom stereocenters. The monoisotopic (exact) mass is 577 g/mol. The van der Waals surface area contributed by atoms with Crippen LogP contribution in [-0.4, -0.2) is 45.4 Å². The fourth-order valence-electron chi connectivity index (χ4n) is 4.01. The summed E-state index contributed by atoms with van der Waals surface area (Å²) in [5.41, 5.74) is 1.14. The van der Waals surface area contributed by atoms with Gasteiger partial charge in [-0.2, -0.15) is 4.98 Å². The SMILES string of the molecule is COc1cnc(C(F)F)cc1-c1cc(-c2nnc(C)s2)ccc1C(=O)Nc1nc2c(s1)NC(C#CC1CC1)C=N2. The Morgan fingerprint density at radius 2 is 2.02 bits per heavy atom. The van der Waals surface area contributed by atoms with Crippen LogP contribution in [0.3, 0.4) is 0 Å². The van der Waals surface area contributed by atoms with Gasteiger partial charge in [0.05, 0.1) is 13.3 Å². The minimum atomic E-state index is -2.80. The van der Waals surface area contributed by atoms with Gasteiger partial charge in [0, 0.05) is 28.8 Å². The number of halogens is 2. The zero-order chi connectivity index (χ0) is 27.8. The van der Waals surface area contributed by atoms with E-state index in [-0.39, 0.29) is 17.4 Å². The van der Waals surface area contributed by atoms with Gasteiger partial charge in [0.15, 0.2) is 10.9 Å². The fourth-order valence-corrected chi connectivity index (χ4v) is 5.54. The van der Waals surface area contributed by atoms with E-state index >= 15 is 0 Å². The first-order valence-corrected chi connectivity index (χ1v) is 13.9. The van der Waals surface area contributed by atoms with Crippen LogP contribution < -0.4 is 15.4 Å². The van der Waals surface area contributed by atoms with E-state index in [0.29, 0.717) is 43.6 Å². The Bertz CT molecular complexity index is 1700. The molecular weight excluding hydrogens is 556 g/mol. The highest BCUT2D eigenvalue weighted by molar-refractivity contribution is 7.20. The lowest BCUT2D eigenvalue weighted by atomic mass is 9.96. The number of hydrogen-bond donors (Lipinski definition) is 2. The molecule has 0 radical (unpaired) electrons. The number of aliphatic imine (C=N–C) groups is 1. The van der Waals surface area contributed by atoms with E-state index in [1.165, 1.54) is 42.0 Å². The smallest absolute Gasteiger partial charge is 0.280 e. The number of benzene rings is 1. The van der Waals surface area contributed by atoms with Crippen LogP contribution in [0, 0.1) is 24.7 Å². The van der Waals surface area contributed by atoms with E-state index in [4.69, 9.17) is 4.74 Å². The highest BCUT2D eigenvalue weighted by atomic mass is 32.1. The first kappa shape index (κ1) is 26.0. The summed E-state index contributed by atoms with van der Waals surface area (Å²) in [5.74, 6) is 7.09. The Morgan fingerprint density at radius 3 is 2.75 bits per heavy atom. The van der Waals surface area contributed by atoms with Crippen molar-refractivity contribution in [1.82, 2.24) is 20.2 Å². The number of nitrogens with zero attached hydrogens (tertiary/aromatic N) is 5. The third-order valence-corrected chi connectivity index (χ3v) is 7.92. The van der Waals surface area contributed by atoms with Crippen molar-refractivity contribution in [2.45, 2.75) is 32.2 Å². The standard InChI is InChI=1S/C27H21F2N7O2S2/c1-13-35-36-25(39-13)15-6-8-17(18(9-15)19-10-20(22(28)29)30-12-21(19)38-2)24(37)34-27-33-23-26(40-27)32-16(11-31-23)7-5-14-3-4-14/h6,8-12,14,16,22,32H,3-4H2,1-2H3,(H,33,34,37). The van der Waals surface area contributed by atoms with Crippen LogP contribution in [0.1, 0.15) is 40.3 Å². The molecule has 1 aromatic carbocycles. The third-order valence-electron chi connectivity index (χ3n) is 6.14. The summed E-state index contributed by atoms with van der Waals surface area (Å²) in [7, 11) is 1.41. The van der Waals surface area contributed by atoms with Crippen LogP contribution in [0.4, 0.5) is 24.7 Å². The van der Waals surface area contributed by atoms with Gasteiger partial charge in [0.1, 0.15) is 32.5 Å². The predicted molar refractivity (Wildman–Crippen MR) is 151 cm³/mol. The van der Waals surface area contributed by atoms with E-state index < -0.39 is 18.0 Å². The molecule has 0 saturated heterocycles. The number of anilines is 2. The lowest BCUT2D eigenvalue weighted by Gasteiger charge is -2.15. The van der Waals surface area contributed by atoms with Crippen molar-refractivity contribution >= 4 is 50.7 Å². The number of thiazole rings is 1. The van der Waals surface area contributed by atoms with E-state index in [1.807, 2.05) is 6.92 Å². The molecule has 1 unspecified atom stereocenters. The molecule has 3 aromatic heterocycles. The molecule has 202 valence electrons. The summed E-state index contributed by atoms with van der Waals surface area (Å²) in [6.07, 6.45) is 2.39. The largest absolute Gasteiger partial charge is 0.494 e. The van der Waals surface area contributed by atoms with Crippen molar-refractivity contribution < 1.29 is 18.3 Å². The maximum Gasteiger partial charge on any atom is 0.280 e. The highest BCUT2D eigenvalue weighted by Gasteiger charge is 2.24. The van der Waals surface area contributed by atoms with Crippen LogP contribution in [-0.2, 0) is 0 Å².